The number of anilines is 2. The number of hydrogen-bond acceptors (Lipinski definition) is 9. The average molecular weight is 524 g/mol. The lowest BCUT2D eigenvalue weighted by Gasteiger charge is -2.24. The molecule has 2 aromatic heterocycles. The van der Waals surface area contributed by atoms with Gasteiger partial charge in [-0.3, -0.25) is 9.59 Å². The van der Waals surface area contributed by atoms with Gasteiger partial charge in [0.2, 0.25) is 6.79 Å². The molecule has 0 spiro atoms. The summed E-state index contributed by atoms with van der Waals surface area (Å²) >= 11 is 0. The number of aryl methyl sites for hydroxylation is 2. The summed E-state index contributed by atoms with van der Waals surface area (Å²) < 4.78 is 11.3. The second kappa shape index (κ2) is 11.6. The third-order valence-electron chi connectivity index (χ3n) is 5.36. The Kier molecular flexibility index (Phi) is 8.37. The van der Waals surface area contributed by atoms with Crippen LogP contribution in [0.15, 0.2) is 42.9 Å². The molecule has 14 nitrogen and oxygen atoms in total. The maximum absolute atomic E-state index is 13.4. The molecule has 1 aromatic carbocycles. The average Bonchev–Trinajstić information content (AvgIpc) is 3.24. The van der Waals surface area contributed by atoms with Crippen molar-refractivity contribution >= 4 is 46.9 Å². The zero-order chi connectivity index (χ0) is 28.0. The predicted molar refractivity (Wildman–Crippen MR) is 132 cm³/mol. The van der Waals surface area contributed by atoms with Gasteiger partial charge in [-0.2, -0.15) is 5.10 Å². The molecular weight excluding hydrogens is 500 g/mol. The van der Waals surface area contributed by atoms with E-state index in [4.69, 9.17) is 14.6 Å². The third kappa shape index (κ3) is 5.75. The molecule has 3 aromatic rings. The minimum absolute atomic E-state index is 0.0203. The van der Waals surface area contributed by atoms with Crippen LogP contribution in [0.5, 0.6) is 0 Å². The normalized spacial score (nSPS) is 10.7. The number of amides is 3. The summed E-state index contributed by atoms with van der Waals surface area (Å²) in [5.74, 6) is -3.18. The van der Waals surface area contributed by atoms with Crippen molar-refractivity contribution in [2.45, 2.75) is 13.8 Å². The number of aromatic nitrogens is 3. The molecule has 0 atom stereocenters. The number of nitrogens with zero attached hydrogens (tertiary/aromatic N) is 4. The molecule has 0 radical (unpaired) electrons. The van der Waals surface area contributed by atoms with Crippen molar-refractivity contribution in [2.75, 3.05) is 25.8 Å². The van der Waals surface area contributed by atoms with Gasteiger partial charge in [0, 0.05) is 38.0 Å². The fourth-order valence-electron chi connectivity index (χ4n) is 3.49. The first-order chi connectivity index (χ1) is 18.1. The molecule has 3 amide bonds. The zero-order valence-corrected chi connectivity index (χ0v) is 20.8. The maximum atomic E-state index is 13.4. The molecule has 198 valence electrons. The van der Waals surface area contributed by atoms with Gasteiger partial charge in [-0.05, 0) is 37.1 Å². The minimum atomic E-state index is -1.36. The first-order valence-corrected chi connectivity index (χ1v) is 11.0. The van der Waals surface area contributed by atoms with Crippen LogP contribution < -0.4 is 15.5 Å². The molecule has 0 bridgehead atoms. The number of ether oxygens (including phenoxy) is 2. The number of carboxylic acids is 1. The Morgan fingerprint density at radius 1 is 1.05 bits per heavy atom. The fraction of sp³-hybridized carbons (Fsp3) is 0.208. The fourth-order valence-corrected chi connectivity index (χ4v) is 3.49. The molecule has 0 aliphatic rings. The van der Waals surface area contributed by atoms with Crippen molar-refractivity contribution in [3.05, 3.63) is 65.1 Å². The summed E-state index contributed by atoms with van der Waals surface area (Å²) in [6.07, 6.45) is 2.83. The number of nitrogens with one attached hydrogen (secondary N) is 2. The number of hydrogen-bond donors (Lipinski definition) is 3. The predicted octanol–water partition coefficient (Wildman–Crippen LogP) is 1.48. The van der Waals surface area contributed by atoms with Gasteiger partial charge in [0.25, 0.3) is 11.8 Å². The van der Waals surface area contributed by atoms with Gasteiger partial charge >= 0.3 is 18.0 Å². The molecule has 38 heavy (non-hydrogen) atoms. The molecule has 0 saturated heterocycles. The van der Waals surface area contributed by atoms with Gasteiger partial charge in [0.05, 0.1) is 11.3 Å². The number of fused-ring (bicyclic) bond motifs is 1. The van der Waals surface area contributed by atoms with E-state index in [2.05, 4.69) is 20.7 Å². The van der Waals surface area contributed by atoms with E-state index < -0.39 is 30.7 Å². The Bertz CT molecular complexity index is 1460. The van der Waals surface area contributed by atoms with Crippen molar-refractivity contribution in [1.82, 2.24) is 25.2 Å². The largest absolute Gasteiger partial charge is 0.478 e. The van der Waals surface area contributed by atoms with E-state index >= 15 is 0 Å². The Labute approximate surface area is 215 Å². The summed E-state index contributed by atoms with van der Waals surface area (Å²) in [5.41, 5.74) is 2.06. The highest BCUT2D eigenvalue weighted by atomic mass is 16.7. The molecule has 2 heterocycles. The van der Waals surface area contributed by atoms with Crippen LogP contribution in [-0.4, -0.2) is 70.4 Å². The van der Waals surface area contributed by atoms with Crippen LogP contribution in [0, 0.1) is 13.8 Å². The molecule has 0 saturated carbocycles. The van der Waals surface area contributed by atoms with Crippen molar-refractivity contribution in [1.29, 1.82) is 0 Å². The summed E-state index contributed by atoms with van der Waals surface area (Å²) in [7, 11) is 2.93. The van der Waals surface area contributed by atoms with Crippen LogP contribution in [0.1, 0.15) is 31.8 Å². The van der Waals surface area contributed by atoms with Crippen LogP contribution in [0.2, 0.25) is 0 Å². The summed E-state index contributed by atoms with van der Waals surface area (Å²) in [5, 5.41) is 17.8. The van der Waals surface area contributed by atoms with Gasteiger partial charge < -0.3 is 25.2 Å². The third-order valence-corrected chi connectivity index (χ3v) is 5.36. The number of rotatable bonds is 8. The van der Waals surface area contributed by atoms with Crippen LogP contribution in [0.4, 0.5) is 16.3 Å². The number of carbonyl (C=O) groups is 5. The van der Waals surface area contributed by atoms with E-state index in [1.807, 2.05) is 0 Å². The van der Waals surface area contributed by atoms with E-state index in [-0.39, 0.29) is 28.5 Å². The van der Waals surface area contributed by atoms with Crippen molar-refractivity contribution in [3.63, 3.8) is 0 Å². The van der Waals surface area contributed by atoms with E-state index in [1.54, 1.807) is 26.0 Å². The Balaban J connectivity index is 2.11. The molecule has 14 heteroatoms. The van der Waals surface area contributed by atoms with Crippen LogP contribution in [0.3, 0.4) is 0 Å². The zero-order valence-electron chi connectivity index (χ0n) is 20.8. The first kappa shape index (κ1) is 27.3. The lowest BCUT2D eigenvalue weighted by atomic mass is 10.1. The van der Waals surface area contributed by atoms with Crippen molar-refractivity contribution in [3.8, 4) is 0 Å². The molecule has 0 aliphatic heterocycles. The summed E-state index contributed by atoms with van der Waals surface area (Å²) in [6.45, 7) is 2.50. The number of esters is 1. The summed E-state index contributed by atoms with van der Waals surface area (Å²) in [4.78, 5) is 65.7. The van der Waals surface area contributed by atoms with E-state index in [9.17, 15) is 24.0 Å². The Morgan fingerprint density at radius 2 is 1.76 bits per heavy atom. The molecule has 3 N–H and O–H groups in total. The Hall–Kier alpha value is -5.27. The van der Waals surface area contributed by atoms with E-state index in [0.717, 1.165) is 4.90 Å². The lowest BCUT2D eigenvalue weighted by molar-refractivity contribution is -0.146. The van der Waals surface area contributed by atoms with E-state index in [0.29, 0.717) is 28.8 Å². The SMILES string of the molecule is CNC(=O)c1ccc(C)c(N(C(=O)OCOC(=O)/C=C/C(=O)O)c2ncnn3cc(C(=O)NC)c(C)c23)c1. The van der Waals surface area contributed by atoms with Crippen LogP contribution >= 0.6 is 0 Å². The topological polar surface area (TPSA) is 182 Å². The smallest absolute Gasteiger partial charge is 0.423 e. The van der Waals surface area contributed by atoms with Crippen LogP contribution in [-0.2, 0) is 19.1 Å². The second-order valence-corrected chi connectivity index (χ2v) is 7.70. The van der Waals surface area contributed by atoms with E-state index in [1.165, 1.54) is 37.2 Å². The molecule has 0 aliphatic carbocycles. The van der Waals surface area contributed by atoms with Crippen molar-refractivity contribution in [2.24, 2.45) is 0 Å². The van der Waals surface area contributed by atoms with Gasteiger partial charge in [-0.1, -0.05) is 6.07 Å². The van der Waals surface area contributed by atoms with Gasteiger partial charge in [-0.15, -0.1) is 0 Å². The van der Waals surface area contributed by atoms with Crippen LogP contribution in [0.25, 0.3) is 5.52 Å². The monoisotopic (exact) mass is 524 g/mol. The quantitative estimate of drug-likeness (QED) is 0.222. The number of aliphatic carboxylic acids is 1. The van der Waals surface area contributed by atoms with Gasteiger partial charge in [0.1, 0.15) is 11.8 Å². The number of benzene rings is 1. The van der Waals surface area contributed by atoms with Gasteiger partial charge in [-0.25, -0.2) is 28.8 Å². The number of carboxylic acid groups (broad SMARTS) is 1. The maximum Gasteiger partial charge on any atom is 0.423 e. The second-order valence-electron chi connectivity index (χ2n) is 7.70. The lowest BCUT2D eigenvalue weighted by Crippen LogP contribution is -2.30. The highest BCUT2D eigenvalue weighted by molar-refractivity contribution is 6.04. The molecule has 3 rings (SSSR count). The summed E-state index contributed by atoms with van der Waals surface area (Å²) in [6, 6.07) is 4.64. The standard InChI is InChI=1S/C24H24N6O8/c1-13-5-6-15(22(34)25-3)9-17(13)30(24(36)38-12-37-19(33)8-7-18(31)32)21-20-14(2)16(23(35)26-4)10-29(20)28-11-27-21/h5-11H,12H2,1-4H3,(H,25,34)(H,26,35)(H,31,32)/b8-7+. The Morgan fingerprint density at radius 3 is 2.42 bits per heavy atom. The van der Waals surface area contributed by atoms with Crippen molar-refractivity contribution < 1.29 is 38.6 Å². The first-order valence-electron chi connectivity index (χ1n) is 11.0. The number of carbonyl (C=O) groups excluding carboxylic acids is 4. The molecular formula is C24H24N6O8. The highest BCUT2D eigenvalue weighted by Gasteiger charge is 2.29. The highest BCUT2D eigenvalue weighted by Crippen LogP contribution is 2.34. The minimum Gasteiger partial charge on any atom is -0.478 e. The molecule has 0 unspecified atom stereocenters. The van der Waals surface area contributed by atoms with Gasteiger partial charge in [0.15, 0.2) is 5.82 Å². The molecule has 0 fully saturated rings.